The molecule has 0 N–H and O–H groups in total. The minimum Gasteiger partial charge on any atom is -0.497 e. The van der Waals surface area contributed by atoms with E-state index in [0.717, 1.165) is 38.1 Å². The van der Waals surface area contributed by atoms with Crippen LogP contribution in [0.5, 0.6) is 5.75 Å². The van der Waals surface area contributed by atoms with Gasteiger partial charge in [0.2, 0.25) is 4.96 Å². The highest BCUT2D eigenvalue weighted by atomic mass is 32.1. The summed E-state index contributed by atoms with van der Waals surface area (Å²) in [5.74, 6) is 1.58. The lowest BCUT2D eigenvalue weighted by Gasteiger charge is -2.02. The molecular formula is C18H14N6OS. The molecule has 0 atom stereocenters. The molecular weight excluding hydrogens is 348 g/mol. The van der Waals surface area contributed by atoms with E-state index in [2.05, 4.69) is 19.7 Å². The van der Waals surface area contributed by atoms with Gasteiger partial charge in [-0.05, 0) is 24.3 Å². The molecule has 2 aromatic carbocycles. The summed E-state index contributed by atoms with van der Waals surface area (Å²) in [5.41, 5.74) is 3.02. The Hall–Kier alpha value is -3.26. The van der Waals surface area contributed by atoms with Crippen LogP contribution in [-0.4, -0.2) is 36.5 Å². The first-order valence-corrected chi connectivity index (χ1v) is 8.89. The van der Waals surface area contributed by atoms with E-state index in [9.17, 15) is 0 Å². The van der Waals surface area contributed by atoms with Gasteiger partial charge in [-0.1, -0.05) is 35.6 Å². The van der Waals surface area contributed by atoms with E-state index in [0.29, 0.717) is 6.54 Å². The third kappa shape index (κ3) is 2.42. The van der Waals surface area contributed by atoms with Crippen LogP contribution in [-0.2, 0) is 6.54 Å². The summed E-state index contributed by atoms with van der Waals surface area (Å²) in [7, 11) is 1.66. The van der Waals surface area contributed by atoms with Gasteiger partial charge >= 0.3 is 0 Å². The summed E-state index contributed by atoms with van der Waals surface area (Å²) in [6.07, 6.45) is 1.82. The maximum absolute atomic E-state index is 5.30. The number of aromatic nitrogens is 6. The highest BCUT2D eigenvalue weighted by Gasteiger charge is 2.14. The summed E-state index contributed by atoms with van der Waals surface area (Å²) in [6.45, 7) is 0.558. The van der Waals surface area contributed by atoms with Gasteiger partial charge in [0.05, 0.1) is 31.0 Å². The van der Waals surface area contributed by atoms with Crippen LogP contribution in [0.4, 0.5) is 0 Å². The van der Waals surface area contributed by atoms with E-state index in [1.807, 2.05) is 54.9 Å². The summed E-state index contributed by atoms with van der Waals surface area (Å²) in [4.78, 5) is 5.19. The minimum absolute atomic E-state index is 0.558. The molecule has 5 aromatic rings. The summed E-state index contributed by atoms with van der Waals surface area (Å²) in [5, 5.41) is 14.1. The molecule has 0 saturated carbocycles. The lowest BCUT2D eigenvalue weighted by Crippen LogP contribution is -2.04. The number of nitrogens with zero attached hydrogens (tertiary/aromatic N) is 6. The first-order valence-electron chi connectivity index (χ1n) is 8.07. The molecule has 0 amide bonds. The number of rotatable bonds is 4. The van der Waals surface area contributed by atoms with Crippen molar-refractivity contribution in [1.29, 1.82) is 0 Å². The van der Waals surface area contributed by atoms with Crippen molar-refractivity contribution >= 4 is 27.3 Å². The SMILES string of the molecule is COc1cccc(-c2nn3c(Cn4cnc5ccccc54)nnc3s2)c1. The number of methoxy groups -OCH3 is 1. The zero-order chi connectivity index (χ0) is 17.5. The fraction of sp³-hybridized carbons (Fsp3) is 0.111. The summed E-state index contributed by atoms with van der Waals surface area (Å²) >= 11 is 1.50. The Morgan fingerprint density at radius 3 is 2.92 bits per heavy atom. The number of hydrogen-bond donors (Lipinski definition) is 0. The van der Waals surface area contributed by atoms with E-state index in [4.69, 9.17) is 9.84 Å². The Balaban J connectivity index is 1.54. The van der Waals surface area contributed by atoms with Crippen LogP contribution in [0, 0.1) is 0 Å². The standard InChI is InChI=1S/C18H14N6OS/c1-25-13-6-4-5-12(9-13)17-22-24-16(20-21-18(24)26-17)10-23-11-19-14-7-2-3-8-15(14)23/h2-9,11H,10H2,1H3. The van der Waals surface area contributed by atoms with Crippen LogP contribution in [0.15, 0.2) is 54.9 Å². The van der Waals surface area contributed by atoms with E-state index < -0.39 is 0 Å². The van der Waals surface area contributed by atoms with Crippen LogP contribution in [0.3, 0.4) is 0 Å². The second kappa shape index (κ2) is 5.92. The molecule has 8 heteroatoms. The maximum Gasteiger partial charge on any atom is 0.235 e. The van der Waals surface area contributed by atoms with Crippen LogP contribution < -0.4 is 4.74 Å². The van der Waals surface area contributed by atoms with Gasteiger partial charge in [-0.25, -0.2) is 4.98 Å². The normalized spacial score (nSPS) is 11.4. The second-order valence-electron chi connectivity index (χ2n) is 5.81. The van der Waals surface area contributed by atoms with Crippen LogP contribution in [0.1, 0.15) is 5.82 Å². The molecule has 0 radical (unpaired) electrons. The van der Waals surface area contributed by atoms with Gasteiger partial charge in [0.1, 0.15) is 10.8 Å². The average Bonchev–Trinajstić information content (AvgIpc) is 3.38. The van der Waals surface area contributed by atoms with Crippen LogP contribution in [0.2, 0.25) is 0 Å². The van der Waals surface area contributed by atoms with Crippen LogP contribution >= 0.6 is 11.3 Å². The van der Waals surface area contributed by atoms with Crippen molar-refractivity contribution in [3.8, 4) is 16.3 Å². The average molecular weight is 362 g/mol. The molecule has 5 rings (SSSR count). The van der Waals surface area contributed by atoms with E-state index in [1.165, 1.54) is 11.3 Å². The third-order valence-electron chi connectivity index (χ3n) is 4.21. The minimum atomic E-state index is 0.558. The molecule has 0 aliphatic heterocycles. The van der Waals surface area contributed by atoms with Crippen molar-refractivity contribution in [1.82, 2.24) is 29.4 Å². The predicted molar refractivity (Wildman–Crippen MR) is 99.5 cm³/mol. The molecule has 3 heterocycles. The predicted octanol–water partition coefficient (Wildman–Crippen LogP) is 3.26. The largest absolute Gasteiger partial charge is 0.497 e. The van der Waals surface area contributed by atoms with Crippen molar-refractivity contribution < 1.29 is 4.74 Å². The lowest BCUT2D eigenvalue weighted by molar-refractivity contribution is 0.415. The van der Waals surface area contributed by atoms with Gasteiger partial charge in [0.15, 0.2) is 5.82 Å². The van der Waals surface area contributed by atoms with Crippen molar-refractivity contribution in [2.45, 2.75) is 6.54 Å². The van der Waals surface area contributed by atoms with Gasteiger partial charge in [-0.2, -0.15) is 9.61 Å². The second-order valence-corrected chi connectivity index (χ2v) is 6.77. The molecule has 0 unspecified atom stereocenters. The number of benzene rings is 2. The first kappa shape index (κ1) is 15.0. The number of ether oxygens (including phenoxy) is 1. The van der Waals surface area contributed by atoms with Crippen molar-refractivity contribution in [2.24, 2.45) is 0 Å². The molecule has 0 spiro atoms. The Morgan fingerprint density at radius 1 is 1.08 bits per heavy atom. The maximum atomic E-state index is 5.30. The molecule has 128 valence electrons. The van der Waals surface area contributed by atoms with Crippen molar-refractivity contribution in [2.75, 3.05) is 7.11 Å². The monoisotopic (exact) mass is 362 g/mol. The fourth-order valence-corrected chi connectivity index (χ4v) is 3.77. The van der Waals surface area contributed by atoms with Gasteiger partial charge < -0.3 is 9.30 Å². The van der Waals surface area contributed by atoms with Gasteiger partial charge in [0.25, 0.3) is 0 Å². The number of imidazole rings is 1. The molecule has 0 bridgehead atoms. The number of para-hydroxylation sites is 2. The Kier molecular flexibility index (Phi) is 3.42. The van der Waals surface area contributed by atoms with Gasteiger partial charge in [0, 0.05) is 5.56 Å². The zero-order valence-corrected chi connectivity index (χ0v) is 14.7. The molecule has 3 aromatic heterocycles. The summed E-state index contributed by atoms with van der Waals surface area (Å²) in [6, 6.07) is 15.9. The van der Waals surface area contributed by atoms with Gasteiger partial charge in [-0.15, -0.1) is 10.2 Å². The number of fused-ring (bicyclic) bond motifs is 2. The van der Waals surface area contributed by atoms with Gasteiger partial charge in [-0.3, -0.25) is 0 Å². The summed E-state index contributed by atoms with van der Waals surface area (Å²) < 4.78 is 9.15. The Bertz CT molecular complexity index is 1220. The van der Waals surface area contributed by atoms with Crippen LogP contribution in [0.25, 0.3) is 26.6 Å². The molecule has 0 fully saturated rings. The first-order chi connectivity index (χ1) is 12.8. The molecule has 0 aliphatic carbocycles. The molecule has 0 aliphatic rings. The zero-order valence-electron chi connectivity index (χ0n) is 13.9. The van der Waals surface area contributed by atoms with E-state index >= 15 is 0 Å². The lowest BCUT2D eigenvalue weighted by atomic mass is 10.2. The topological polar surface area (TPSA) is 70.1 Å². The Morgan fingerprint density at radius 2 is 2.00 bits per heavy atom. The smallest absolute Gasteiger partial charge is 0.235 e. The number of hydrogen-bond acceptors (Lipinski definition) is 6. The van der Waals surface area contributed by atoms with E-state index in [1.54, 1.807) is 11.6 Å². The molecule has 26 heavy (non-hydrogen) atoms. The molecule has 0 saturated heterocycles. The quantitative estimate of drug-likeness (QED) is 0.491. The highest BCUT2D eigenvalue weighted by Crippen LogP contribution is 2.28. The fourth-order valence-electron chi connectivity index (χ4n) is 2.92. The highest BCUT2D eigenvalue weighted by molar-refractivity contribution is 7.19. The van der Waals surface area contributed by atoms with Crippen molar-refractivity contribution in [3.05, 3.63) is 60.7 Å². The van der Waals surface area contributed by atoms with E-state index in [-0.39, 0.29) is 0 Å². The third-order valence-corrected chi connectivity index (χ3v) is 5.16. The van der Waals surface area contributed by atoms with Crippen molar-refractivity contribution in [3.63, 3.8) is 0 Å². The Labute approximate surface area is 152 Å². The molecule has 7 nitrogen and oxygen atoms in total.